The van der Waals surface area contributed by atoms with E-state index in [1.165, 1.54) is 4.90 Å². The molecular formula is C18H21BrN3O2+. The Morgan fingerprint density at radius 2 is 1.79 bits per heavy atom. The molecule has 1 fully saturated rings. The summed E-state index contributed by atoms with van der Waals surface area (Å²) in [5, 5.41) is 12.9. The summed E-state index contributed by atoms with van der Waals surface area (Å²) in [6.45, 7) is 3.86. The molecule has 2 aromatic rings. The maximum Gasteiger partial charge on any atom is 0.279 e. The van der Waals surface area contributed by atoms with Crippen LogP contribution in [0.1, 0.15) is 0 Å². The van der Waals surface area contributed by atoms with Gasteiger partial charge in [-0.3, -0.25) is 4.79 Å². The maximum atomic E-state index is 12.2. The van der Waals surface area contributed by atoms with E-state index in [9.17, 15) is 9.90 Å². The van der Waals surface area contributed by atoms with Gasteiger partial charge in [0.25, 0.3) is 5.91 Å². The lowest BCUT2D eigenvalue weighted by Gasteiger charge is -2.33. The first-order chi connectivity index (χ1) is 11.6. The zero-order chi connectivity index (χ0) is 16.9. The molecule has 1 aliphatic heterocycles. The number of quaternary nitrogens is 1. The molecule has 1 aliphatic rings. The second-order valence-corrected chi connectivity index (χ2v) is 6.78. The van der Waals surface area contributed by atoms with Crippen LogP contribution >= 0.6 is 15.9 Å². The van der Waals surface area contributed by atoms with E-state index < -0.39 is 0 Å². The number of phenols is 1. The van der Waals surface area contributed by atoms with Gasteiger partial charge in [0.15, 0.2) is 6.54 Å². The van der Waals surface area contributed by atoms with Crippen LogP contribution in [0, 0.1) is 0 Å². The second-order valence-electron chi connectivity index (χ2n) is 5.93. The van der Waals surface area contributed by atoms with Crippen LogP contribution in [0.4, 0.5) is 11.4 Å². The number of phenolic OH excluding ortho intramolecular Hbond substituents is 1. The SMILES string of the molecule is O=C(C[NH+]1CCN(c2ccccc2O)CC1)Nc1ccccc1Br. The van der Waals surface area contributed by atoms with Crippen molar-refractivity contribution in [2.75, 3.05) is 42.9 Å². The predicted octanol–water partition coefficient (Wildman–Crippen LogP) is 1.50. The van der Waals surface area contributed by atoms with Gasteiger partial charge in [0, 0.05) is 4.47 Å². The second kappa shape index (κ2) is 7.68. The third kappa shape index (κ3) is 4.07. The van der Waals surface area contributed by atoms with Crippen LogP contribution in [0.3, 0.4) is 0 Å². The highest BCUT2D eigenvalue weighted by atomic mass is 79.9. The zero-order valence-electron chi connectivity index (χ0n) is 13.3. The molecule has 126 valence electrons. The van der Waals surface area contributed by atoms with Crippen molar-refractivity contribution < 1.29 is 14.8 Å². The highest BCUT2D eigenvalue weighted by molar-refractivity contribution is 9.10. The fraction of sp³-hybridized carbons (Fsp3) is 0.278. The summed E-state index contributed by atoms with van der Waals surface area (Å²) in [6.07, 6.45) is 0. The van der Waals surface area contributed by atoms with Gasteiger partial charge in [-0.05, 0) is 40.2 Å². The molecule has 3 rings (SSSR count). The fourth-order valence-electron chi connectivity index (χ4n) is 2.96. The maximum absolute atomic E-state index is 12.2. The van der Waals surface area contributed by atoms with Gasteiger partial charge in [0.2, 0.25) is 0 Å². The summed E-state index contributed by atoms with van der Waals surface area (Å²) < 4.78 is 0.887. The van der Waals surface area contributed by atoms with Gasteiger partial charge in [0.1, 0.15) is 5.75 Å². The summed E-state index contributed by atoms with van der Waals surface area (Å²) in [5.74, 6) is 0.334. The summed E-state index contributed by atoms with van der Waals surface area (Å²) in [5.41, 5.74) is 1.67. The van der Waals surface area contributed by atoms with E-state index in [2.05, 4.69) is 26.1 Å². The van der Waals surface area contributed by atoms with Crippen molar-refractivity contribution in [1.29, 1.82) is 0 Å². The van der Waals surface area contributed by atoms with Crippen LogP contribution < -0.4 is 15.1 Å². The minimum absolute atomic E-state index is 0.0212. The molecule has 1 amide bonds. The number of anilines is 2. The predicted molar refractivity (Wildman–Crippen MR) is 98.7 cm³/mol. The van der Waals surface area contributed by atoms with E-state index >= 15 is 0 Å². The number of nitrogens with one attached hydrogen (secondary N) is 2. The first-order valence-corrected chi connectivity index (χ1v) is 8.83. The third-order valence-corrected chi connectivity index (χ3v) is 4.94. The van der Waals surface area contributed by atoms with Gasteiger partial charge in [-0.15, -0.1) is 0 Å². The molecule has 5 nitrogen and oxygen atoms in total. The normalized spacial score (nSPS) is 15.3. The highest BCUT2D eigenvalue weighted by Crippen LogP contribution is 2.26. The summed E-state index contributed by atoms with van der Waals surface area (Å²) in [7, 11) is 0. The monoisotopic (exact) mass is 390 g/mol. The van der Waals surface area contributed by atoms with Gasteiger partial charge < -0.3 is 20.2 Å². The van der Waals surface area contributed by atoms with E-state index in [1.807, 2.05) is 42.5 Å². The minimum Gasteiger partial charge on any atom is -0.506 e. The van der Waals surface area contributed by atoms with E-state index in [0.717, 1.165) is 42.0 Å². The van der Waals surface area contributed by atoms with E-state index in [0.29, 0.717) is 12.3 Å². The highest BCUT2D eigenvalue weighted by Gasteiger charge is 2.23. The topological polar surface area (TPSA) is 57.0 Å². The quantitative estimate of drug-likeness (QED) is 0.741. The Labute approximate surface area is 150 Å². The largest absolute Gasteiger partial charge is 0.506 e. The molecule has 1 heterocycles. The smallest absolute Gasteiger partial charge is 0.279 e. The van der Waals surface area contributed by atoms with Crippen LogP contribution in [0.25, 0.3) is 0 Å². The summed E-state index contributed by atoms with van der Waals surface area (Å²) in [6, 6.07) is 15.0. The van der Waals surface area contributed by atoms with Crippen molar-refractivity contribution >= 4 is 33.2 Å². The van der Waals surface area contributed by atoms with Crippen molar-refractivity contribution in [1.82, 2.24) is 0 Å². The summed E-state index contributed by atoms with van der Waals surface area (Å²) >= 11 is 3.44. The number of piperazine rings is 1. The molecule has 2 aromatic carbocycles. The molecule has 0 atom stereocenters. The standard InChI is InChI=1S/C18H20BrN3O2/c19-14-5-1-2-6-15(14)20-18(24)13-21-9-11-22(12-10-21)16-7-3-4-8-17(16)23/h1-8,23H,9-13H2,(H,20,24)/p+1. The Kier molecular flexibility index (Phi) is 5.37. The van der Waals surface area contributed by atoms with E-state index in [4.69, 9.17) is 0 Å². The molecule has 0 saturated carbocycles. The Hall–Kier alpha value is -2.05. The summed E-state index contributed by atoms with van der Waals surface area (Å²) in [4.78, 5) is 15.7. The van der Waals surface area contributed by atoms with Gasteiger partial charge in [0.05, 0.1) is 37.6 Å². The van der Waals surface area contributed by atoms with Crippen LogP contribution in [-0.2, 0) is 4.79 Å². The lowest BCUT2D eigenvalue weighted by Crippen LogP contribution is -3.15. The van der Waals surface area contributed by atoms with Crippen molar-refractivity contribution in [3.63, 3.8) is 0 Å². The molecule has 24 heavy (non-hydrogen) atoms. The van der Waals surface area contributed by atoms with Gasteiger partial charge in [-0.25, -0.2) is 0 Å². The number of amides is 1. The Bertz CT molecular complexity index is 715. The number of nitrogens with zero attached hydrogens (tertiary/aromatic N) is 1. The number of para-hydroxylation sites is 3. The number of carbonyl (C=O) groups excluding carboxylic acids is 1. The van der Waals surface area contributed by atoms with Crippen molar-refractivity contribution in [2.45, 2.75) is 0 Å². The average Bonchev–Trinajstić information content (AvgIpc) is 2.58. The van der Waals surface area contributed by atoms with Gasteiger partial charge in [-0.2, -0.15) is 0 Å². The lowest BCUT2D eigenvalue weighted by molar-refractivity contribution is -0.892. The molecule has 0 radical (unpaired) electrons. The number of hydrogen-bond acceptors (Lipinski definition) is 3. The zero-order valence-corrected chi connectivity index (χ0v) is 14.9. The van der Waals surface area contributed by atoms with Crippen molar-refractivity contribution in [3.8, 4) is 5.75 Å². The number of hydrogen-bond donors (Lipinski definition) is 3. The molecule has 0 aromatic heterocycles. The van der Waals surface area contributed by atoms with Crippen LogP contribution in [-0.4, -0.2) is 43.7 Å². The fourth-order valence-corrected chi connectivity index (χ4v) is 3.34. The number of halogens is 1. The van der Waals surface area contributed by atoms with E-state index in [-0.39, 0.29) is 5.91 Å². The number of rotatable bonds is 4. The third-order valence-electron chi connectivity index (χ3n) is 4.25. The average molecular weight is 391 g/mol. The first-order valence-electron chi connectivity index (χ1n) is 8.04. The Morgan fingerprint density at radius 3 is 2.50 bits per heavy atom. The Balaban J connectivity index is 1.51. The molecule has 0 aliphatic carbocycles. The molecule has 0 spiro atoms. The number of aromatic hydroxyl groups is 1. The first kappa shape index (κ1) is 16.8. The molecule has 3 N–H and O–H groups in total. The number of carbonyl (C=O) groups is 1. The van der Waals surface area contributed by atoms with Crippen molar-refractivity contribution in [3.05, 3.63) is 53.0 Å². The van der Waals surface area contributed by atoms with Crippen LogP contribution in [0.5, 0.6) is 5.75 Å². The van der Waals surface area contributed by atoms with Crippen LogP contribution in [0.15, 0.2) is 53.0 Å². The number of benzene rings is 2. The van der Waals surface area contributed by atoms with E-state index in [1.54, 1.807) is 6.07 Å². The molecular weight excluding hydrogens is 370 g/mol. The Morgan fingerprint density at radius 1 is 1.12 bits per heavy atom. The molecule has 0 bridgehead atoms. The molecule has 1 saturated heterocycles. The van der Waals surface area contributed by atoms with Crippen LogP contribution in [0.2, 0.25) is 0 Å². The molecule has 0 unspecified atom stereocenters. The van der Waals surface area contributed by atoms with Gasteiger partial charge in [-0.1, -0.05) is 24.3 Å². The van der Waals surface area contributed by atoms with Crippen molar-refractivity contribution in [2.24, 2.45) is 0 Å². The lowest BCUT2D eigenvalue weighted by atomic mass is 10.2. The van der Waals surface area contributed by atoms with Gasteiger partial charge >= 0.3 is 0 Å². The minimum atomic E-state index is 0.0212. The molecule has 6 heteroatoms.